The Morgan fingerprint density at radius 3 is 2.67 bits per heavy atom. The molecule has 1 aromatic rings. The molecule has 0 aliphatic heterocycles. The lowest BCUT2D eigenvalue weighted by Gasteiger charge is -2.08. The Morgan fingerprint density at radius 1 is 1.43 bits per heavy atom. The normalized spacial score (nSPS) is 16.3. The van der Waals surface area contributed by atoms with E-state index in [0.29, 0.717) is 16.3 Å². The van der Waals surface area contributed by atoms with Crippen LogP contribution in [0.25, 0.3) is 0 Å². The Hall–Kier alpha value is -0.590. The molecule has 4 nitrogen and oxygen atoms in total. The highest BCUT2D eigenvalue weighted by Crippen LogP contribution is 2.29. The van der Waals surface area contributed by atoms with Gasteiger partial charge in [-0.2, -0.15) is 0 Å². The van der Waals surface area contributed by atoms with Gasteiger partial charge in [-0.1, -0.05) is 25.7 Å². The van der Waals surface area contributed by atoms with Crippen molar-refractivity contribution in [3.63, 3.8) is 0 Å². The Morgan fingerprint density at radius 2 is 2.10 bits per heavy atom. The summed E-state index contributed by atoms with van der Waals surface area (Å²) in [5.74, 6) is 0.597. The van der Waals surface area contributed by atoms with E-state index < -0.39 is 9.05 Å². The van der Waals surface area contributed by atoms with Gasteiger partial charge >= 0.3 is 0 Å². The molecule has 1 saturated carbocycles. The monoisotopic (exact) mass is 349 g/mol. The third-order valence-electron chi connectivity index (χ3n) is 3.91. The number of aryl methyl sites for hydroxylation is 1. The molecule has 7 heteroatoms. The summed E-state index contributed by atoms with van der Waals surface area (Å²) in [4.78, 5) is 13.0. The second-order valence-corrected chi connectivity index (χ2v) is 9.31. The maximum atomic E-state index is 12.0. The maximum absolute atomic E-state index is 12.0. The van der Waals surface area contributed by atoms with Crippen LogP contribution in [-0.4, -0.2) is 20.9 Å². The van der Waals surface area contributed by atoms with Gasteiger partial charge in [-0.3, -0.25) is 4.79 Å². The summed E-state index contributed by atoms with van der Waals surface area (Å²) >= 11 is 1.16. The number of thiophene rings is 1. The summed E-state index contributed by atoms with van der Waals surface area (Å²) < 4.78 is 22.7. The largest absolute Gasteiger partial charge is 0.351 e. The van der Waals surface area contributed by atoms with Crippen molar-refractivity contribution < 1.29 is 13.2 Å². The minimum absolute atomic E-state index is 0.0327. The highest BCUT2D eigenvalue weighted by Gasteiger charge is 2.20. The zero-order valence-electron chi connectivity index (χ0n) is 12.0. The molecule has 1 heterocycles. The molecule has 0 aromatic carbocycles. The third kappa shape index (κ3) is 4.69. The van der Waals surface area contributed by atoms with E-state index in [0.717, 1.165) is 30.1 Å². The Bertz CT molecular complexity index is 604. The second-order valence-electron chi connectivity index (χ2n) is 5.52. The van der Waals surface area contributed by atoms with Gasteiger partial charge in [0.05, 0.1) is 9.77 Å². The van der Waals surface area contributed by atoms with Crippen LogP contribution in [0, 0.1) is 12.8 Å². The van der Waals surface area contributed by atoms with E-state index in [1.807, 2.05) is 0 Å². The minimum atomic E-state index is -3.78. The van der Waals surface area contributed by atoms with Crippen molar-refractivity contribution in [1.82, 2.24) is 5.32 Å². The molecule has 1 N–H and O–H groups in total. The number of hydrogen-bond donors (Lipinski definition) is 1. The van der Waals surface area contributed by atoms with Gasteiger partial charge in [0.1, 0.15) is 0 Å². The molecule has 0 bridgehead atoms. The predicted molar refractivity (Wildman–Crippen MR) is 85.6 cm³/mol. The van der Waals surface area contributed by atoms with E-state index in [2.05, 4.69) is 5.32 Å². The first-order chi connectivity index (χ1) is 9.88. The van der Waals surface area contributed by atoms with Gasteiger partial charge in [-0.05, 0) is 31.7 Å². The van der Waals surface area contributed by atoms with Crippen LogP contribution in [0.2, 0.25) is 0 Å². The van der Waals surface area contributed by atoms with E-state index in [1.54, 1.807) is 6.92 Å². The molecule has 0 unspecified atom stereocenters. The number of nitrogens with one attached hydrogen (secondary N) is 1. The molecule has 0 saturated heterocycles. The zero-order chi connectivity index (χ0) is 15.5. The number of carbonyl (C=O) groups is 1. The molecular formula is C14H20ClNO3S2. The van der Waals surface area contributed by atoms with Crippen LogP contribution in [0.1, 0.15) is 53.1 Å². The fourth-order valence-corrected chi connectivity index (χ4v) is 5.38. The summed E-state index contributed by atoms with van der Waals surface area (Å²) in [6.45, 7) is 2.28. The van der Waals surface area contributed by atoms with Crippen molar-refractivity contribution in [3.05, 3.63) is 15.8 Å². The Balaban J connectivity index is 1.83. The van der Waals surface area contributed by atoms with Crippen molar-refractivity contribution in [3.8, 4) is 0 Å². The van der Waals surface area contributed by atoms with Gasteiger partial charge in [0, 0.05) is 22.1 Å². The van der Waals surface area contributed by atoms with Crippen LogP contribution in [0.5, 0.6) is 0 Å². The second kappa shape index (κ2) is 7.11. The Kier molecular flexibility index (Phi) is 5.68. The van der Waals surface area contributed by atoms with Crippen LogP contribution >= 0.6 is 22.0 Å². The molecule has 118 valence electrons. The summed E-state index contributed by atoms with van der Waals surface area (Å²) in [5.41, 5.74) is 0. The Labute approximate surface area is 134 Å². The van der Waals surface area contributed by atoms with E-state index in [4.69, 9.17) is 10.7 Å². The van der Waals surface area contributed by atoms with E-state index >= 15 is 0 Å². The lowest BCUT2D eigenvalue weighted by atomic mass is 10.0. The zero-order valence-corrected chi connectivity index (χ0v) is 14.4. The van der Waals surface area contributed by atoms with Crippen molar-refractivity contribution in [1.29, 1.82) is 0 Å². The summed E-state index contributed by atoms with van der Waals surface area (Å²) in [6.07, 6.45) is 7.43. The lowest BCUT2D eigenvalue weighted by Crippen LogP contribution is -2.23. The molecule has 21 heavy (non-hydrogen) atoms. The lowest BCUT2D eigenvalue weighted by molar-refractivity contribution is 0.0956. The van der Waals surface area contributed by atoms with E-state index in [1.165, 1.54) is 31.7 Å². The maximum Gasteiger partial charge on any atom is 0.262 e. The van der Waals surface area contributed by atoms with Crippen LogP contribution in [-0.2, 0) is 9.05 Å². The summed E-state index contributed by atoms with van der Waals surface area (Å²) in [7, 11) is 1.55. The van der Waals surface area contributed by atoms with Gasteiger partial charge in [0.2, 0.25) is 0 Å². The van der Waals surface area contributed by atoms with Crippen LogP contribution in [0.3, 0.4) is 0 Å². The molecule has 1 amide bonds. The minimum Gasteiger partial charge on any atom is -0.351 e. The molecular weight excluding hydrogens is 330 g/mol. The molecule has 1 aromatic heterocycles. The first kappa shape index (κ1) is 16.8. The van der Waals surface area contributed by atoms with Crippen LogP contribution < -0.4 is 5.32 Å². The highest BCUT2D eigenvalue weighted by atomic mass is 35.7. The molecule has 1 aliphatic carbocycles. The van der Waals surface area contributed by atoms with Crippen LogP contribution in [0.15, 0.2) is 11.0 Å². The van der Waals surface area contributed by atoms with Gasteiger partial charge in [0.15, 0.2) is 0 Å². The SMILES string of the molecule is Cc1sc(C(=O)NCCCC2CCCC2)cc1S(=O)(=O)Cl. The smallest absolute Gasteiger partial charge is 0.262 e. The highest BCUT2D eigenvalue weighted by molar-refractivity contribution is 8.13. The third-order valence-corrected chi connectivity index (χ3v) is 6.53. The molecule has 1 aliphatic rings. The van der Waals surface area contributed by atoms with Gasteiger partial charge in [0.25, 0.3) is 15.0 Å². The van der Waals surface area contributed by atoms with Gasteiger partial charge in [-0.15, -0.1) is 11.3 Å². The van der Waals surface area contributed by atoms with Gasteiger partial charge < -0.3 is 5.32 Å². The summed E-state index contributed by atoms with van der Waals surface area (Å²) in [5, 5.41) is 2.85. The van der Waals surface area contributed by atoms with E-state index in [9.17, 15) is 13.2 Å². The van der Waals surface area contributed by atoms with Crippen molar-refractivity contribution in [2.75, 3.05) is 6.54 Å². The first-order valence-electron chi connectivity index (χ1n) is 7.21. The molecule has 2 rings (SSSR count). The van der Waals surface area contributed by atoms with Crippen molar-refractivity contribution >= 4 is 37.0 Å². The molecule has 0 spiro atoms. The fourth-order valence-electron chi connectivity index (χ4n) is 2.80. The fraction of sp³-hybridized carbons (Fsp3) is 0.643. The topological polar surface area (TPSA) is 63.2 Å². The standard InChI is InChI=1S/C14H20ClNO3S2/c1-10-13(21(15,18)19)9-12(20-10)14(17)16-8-4-7-11-5-2-3-6-11/h9,11H,2-8H2,1H3,(H,16,17). The quantitative estimate of drug-likeness (QED) is 0.629. The number of amides is 1. The number of rotatable bonds is 6. The van der Waals surface area contributed by atoms with E-state index in [-0.39, 0.29) is 10.8 Å². The van der Waals surface area contributed by atoms with Crippen molar-refractivity contribution in [2.45, 2.75) is 50.3 Å². The number of carbonyl (C=O) groups excluding carboxylic acids is 1. The van der Waals surface area contributed by atoms with Gasteiger partial charge in [-0.25, -0.2) is 8.42 Å². The molecule has 0 atom stereocenters. The number of halogens is 1. The number of hydrogen-bond acceptors (Lipinski definition) is 4. The van der Waals surface area contributed by atoms with Crippen LogP contribution in [0.4, 0.5) is 0 Å². The summed E-state index contributed by atoms with van der Waals surface area (Å²) in [6, 6.07) is 1.36. The first-order valence-corrected chi connectivity index (χ1v) is 10.3. The average molecular weight is 350 g/mol. The molecule has 0 radical (unpaired) electrons. The van der Waals surface area contributed by atoms with Crippen molar-refractivity contribution in [2.24, 2.45) is 5.92 Å². The molecule has 1 fully saturated rings. The predicted octanol–water partition coefficient (Wildman–Crippen LogP) is 3.68. The average Bonchev–Trinajstić information content (AvgIpc) is 3.02.